The Morgan fingerprint density at radius 2 is 1.86 bits per heavy atom. The van der Waals surface area contributed by atoms with Gasteiger partial charge in [0, 0.05) is 17.7 Å². The zero-order chi connectivity index (χ0) is 24.9. The number of carbonyl (C=O) groups excluding carboxylic acids is 2. The van der Waals surface area contributed by atoms with Gasteiger partial charge in [0.2, 0.25) is 0 Å². The van der Waals surface area contributed by atoms with Crippen molar-refractivity contribution < 1.29 is 24.0 Å². The standard InChI is InChI=1S/C25H16FN3O5S/c1-13-5-10-18-19(11-13)35-25(27-18)28-21(15-3-2-4-17(12-15)29(33)34)20(23(31)24(28)32)22(30)14-6-8-16(26)9-7-14/h2-12,21,30H,1H3/b22-20+. The molecule has 1 amide bonds. The third-order valence-corrected chi connectivity index (χ3v) is 6.72. The molecule has 1 N–H and O–H groups in total. The van der Waals surface area contributed by atoms with Crippen LogP contribution in [0.2, 0.25) is 0 Å². The van der Waals surface area contributed by atoms with E-state index in [1.807, 2.05) is 19.1 Å². The number of fused-ring (bicyclic) bond motifs is 1. The number of thiazole rings is 1. The third-order valence-electron chi connectivity index (χ3n) is 5.70. The first-order valence-electron chi connectivity index (χ1n) is 10.4. The van der Waals surface area contributed by atoms with E-state index in [0.717, 1.165) is 27.3 Å². The van der Waals surface area contributed by atoms with Gasteiger partial charge in [0.25, 0.3) is 11.5 Å². The number of carbonyl (C=O) groups is 2. The van der Waals surface area contributed by atoms with Crippen LogP contribution in [0.25, 0.3) is 16.0 Å². The second-order valence-corrected chi connectivity index (χ2v) is 9.00. The van der Waals surface area contributed by atoms with E-state index >= 15 is 0 Å². The van der Waals surface area contributed by atoms with E-state index in [2.05, 4.69) is 4.98 Å². The van der Waals surface area contributed by atoms with Crippen molar-refractivity contribution in [2.75, 3.05) is 4.90 Å². The number of amides is 1. The molecule has 1 fully saturated rings. The van der Waals surface area contributed by atoms with E-state index in [-0.39, 0.29) is 27.5 Å². The van der Waals surface area contributed by atoms with E-state index < -0.39 is 34.2 Å². The molecule has 1 unspecified atom stereocenters. The minimum absolute atomic E-state index is 0.125. The van der Waals surface area contributed by atoms with Gasteiger partial charge in [0.05, 0.1) is 26.8 Å². The van der Waals surface area contributed by atoms with E-state index in [1.54, 1.807) is 6.07 Å². The highest BCUT2D eigenvalue weighted by Crippen LogP contribution is 2.44. The minimum atomic E-state index is -1.18. The molecule has 0 spiro atoms. The topological polar surface area (TPSA) is 114 Å². The molecule has 4 aromatic rings. The zero-order valence-electron chi connectivity index (χ0n) is 18.1. The largest absolute Gasteiger partial charge is 0.507 e. The number of hydrogen-bond acceptors (Lipinski definition) is 7. The second kappa shape index (κ2) is 8.41. The number of nitro benzene ring substituents is 1. The van der Waals surface area contributed by atoms with Crippen molar-refractivity contribution in [3.63, 3.8) is 0 Å². The van der Waals surface area contributed by atoms with E-state index in [4.69, 9.17) is 0 Å². The molecule has 0 bridgehead atoms. The first kappa shape index (κ1) is 22.4. The summed E-state index contributed by atoms with van der Waals surface area (Å²) in [6.45, 7) is 1.91. The average Bonchev–Trinajstić information content (AvgIpc) is 3.37. The van der Waals surface area contributed by atoms with Gasteiger partial charge in [0.15, 0.2) is 5.13 Å². The molecular weight excluding hydrogens is 473 g/mol. The predicted octanol–water partition coefficient (Wildman–Crippen LogP) is 5.28. The predicted molar refractivity (Wildman–Crippen MR) is 129 cm³/mol. The Labute approximate surface area is 201 Å². The molecule has 0 saturated carbocycles. The Morgan fingerprint density at radius 3 is 2.57 bits per heavy atom. The van der Waals surface area contributed by atoms with Crippen molar-refractivity contribution in [1.29, 1.82) is 0 Å². The molecule has 1 aliphatic rings. The number of aliphatic hydroxyl groups is 1. The molecule has 10 heteroatoms. The molecule has 3 aromatic carbocycles. The van der Waals surface area contributed by atoms with Crippen molar-refractivity contribution in [2.45, 2.75) is 13.0 Å². The monoisotopic (exact) mass is 489 g/mol. The molecule has 5 rings (SSSR count). The van der Waals surface area contributed by atoms with E-state index in [9.17, 15) is 29.2 Å². The summed E-state index contributed by atoms with van der Waals surface area (Å²) >= 11 is 1.19. The van der Waals surface area contributed by atoms with Crippen molar-refractivity contribution in [1.82, 2.24) is 4.98 Å². The summed E-state index contributed by atoms with van der Waals surface area (Å²) in [6.07, 6.45) is 0. The lowest BCUT2D eigenvalue weighted by Gasteiger charge is -2.22. The number of halogens is 1. The number of nitro groups is 1. The zero-order valence-corrected chi connectivity index (χ0v) is 19.0. The number of Topliss-reactive ketones (excluding diaryl/α,β-unsaturated/α-hetero) is 1. The summed E-state index contributed by atoms with van der Waals surface area (Å²) < 4.78 is 14.2. The van der Waals surface area contributed by atoms with Gasteiger partial charge in [-0.05, 0) is 54.4 Å². The molecule has 1 aromatic heterocycles. The van der Waals surface area contributed by atoms with Gasteiger partial charge in [-0.15, -0.1) is 0 Å². The number of aliphatic hydroxyl groups excluding tert-OH is 1. The fraction of sp³-hybridized carbons (Fsp3) is 0.0800. The Kier molecular flexibility index (Phi) is 5.37. The number of anilines is 1. The molecule has 8 nitrogen and oxygen atoms in total. The van der Waals surface area contributed by atoms with Crippen LogP contribution in [0.5, 0.6) is 0 Å². The lowest BCUT2D eigenvalue weighted by molar-refractivity contribution is -0.384. The fourth-order valence-electron chi connectivity index (χ4n) is 4.04. The van der Waals surface area contributed by atoms with Gasteiger partial charge >= 0.3 is 5.91 Å². The molecular formula is C25H16FN3O5S. The quantitative estimate of drug-likeness (QED) is 0.137. The summed E-state index contributed by atoms with van der Waals surface area (Å²) in [5, 5.41) is 22.7. The number of hydrogen-bond donors (Lipinski definition) is 1. The number of aromatic nitrogens is 1. The Balaban J connectivity index is 1.75. The molecule has 0 radical (unpaired) electrons. The van der Waals surface area contributed by atoms with Gasteiger partial charge in [0.1, 0.15) is 11.6 Å². The molecule has 174 valence electrons. The van der Waals surface area contributed by atoms with Crippen LogP contribution in [-0.4, -0.2) is 26.7 Å². The number of rotatable bonds is 4. The molecule has 2 heterocycles. The van der Waals surface area contributed by atoms with Crippen molar-refractivity contribution in [3.8, 4) is 0 Å². The van der Waals surface area contributed by atoms with Crippen LogP contribution in [-0.2, 0) is 9.59 Å². The van der Waals surface area contributed by atoms with Crippen LogP contribution in [0, 0.1) is 22.9 Å². The van der Waals surface area contributed by atoms with Crippen LogP contribution in [0.15, 0.2) is 72.3 Å². The van der Waals surface area contributed by atoms with Crippen LogP contribution in [0.4, 0.5) is 15.2 Å². The van der Waals surface area contributed by atoms with Gasteiger partial charge in [-0.2, -0.15) is 0 Å². The van der Waals surface area contributed by atoms with Crippen LogP contribution in [0.1, 0.15) is 22.7 Å². The fourth-order valence-corrected chi connectivity index (χ4v) is 5.13. The maximum absolute atomic E-state index is 13.4. The SMILES string of the molecule is Cc1ccc2nc(N3C(=O)C(=O)/C(=C(/O)c4ccc(F)cc4)C3c3cccc([N+](=O)[O-])c3)sc2c1. The van der Waals surface area contributed by atoms with Crippen LogP contribution >= 0.6 is 11.3 Å². The maximum atomic E-state index is 13.4. The first-order chi connectivity index (χ1) is 16.7. The Hall–Kier alpha value is -4.44. The van der Waals surface area contributed by atoms with Gasteiger partial charge < -0.3 is 5.11 Å². The summed E-state index contributed by atoms with van der Waals surface area (Å²) in [6, 6.07) is 14.7. The smallest absolute Gasteiger partial charge is 0.301 e. The first-order valence-corrected chi connectivity index (χ1v) is 11.2. The summed E-state index contributed by atoms with van der Waals surface area (Å²) in [7, 11) is 0. The molecule has 1 atom stereocenters. The van der Waals surface area contributed by atoms with Crippen LogP contribution in [0.3, 0.4) is 0 Å². The minimum Gasteiger partial charge on any atom is -0.507 e. The molecule has 35 heavy (non-hydrogen) atoms. The normalized spacial score (nSPS) is 17.3. The average molecular weight is 489 g/mol. The van der Waals surface area contributed by atoms with Crippen molar-refractivity contribution in [2.24, 2.45) is 0 Å². The lowest BCUT2D eigenvalue weighted by Crippen LogP contribution is -2.29. The van der Waals surface area contributed by atoms with Crippen molar-refractivity contribution in [3.05, 3.63) is 105 Å². The van der Waals surface area contributed by atoms with Gasteiger partial charge in [-0.25, -0.2) is 9.37 Å². The van der Waals surface area contributed by atoms with Gasteiger partial charge in [-0.3, -0.25) is 24.6 Å². The van der Waals surface area contributed by atoms with E-state index in [0.29, 0.717) is 5.52 Å². The number of benzene rings is 3. The van der Waals surface area contributed by atoms with Gasteiger partial charge in [-0.1, -0.05) is 29.5 Å². The maximum Gasteiger partial charge on any atom is 0.301 e. The molecule has 1 aliphatic heterocycles. The lowest BCUT2D eigenvalue weighted by atomic mass is 9.95. The van der Waals surface area contributed by atoms with Crippen molar-refractivity contribution >= 4 is 49.8 Å². The number of ketones is 1. The highest BCUT2D eigenvalue weighted by atomic mass is 32.1. The number of aryl methyl sites for hydroxylation is 1. The highest BCUT2D eigenvalue weighted by molar-refractivity contribution is 7.22. The highest BCUT2D eigenvalue weighted by Gasteiger charge is 2.48. The van der Waals surface area contributed by atoms with E-state index in [1.165, 1.54) is 47.7 Å². The van der Waals surface area contributed by atoms with Crippen LogP contribution < -0.4 is 4.90 Å². The Bertz CT molecular complexity index is 1560. The molecule has 1 saturated heterocycles. The number of non-ortho nitro benzene ring substituents is 1. The third kappa shape index (κ3) is 3.83. The molecule has 0 aliphatic carbocycles. The second-order valence-electron chi connectivity index (χ2n) is 8.00. The summed E-state index contributed by atoms with van der Waals surface area (Å²) in [5.41, 5.74) is 1.47. The Morgan fingerprint density at radius 1 is 1.11 bits per heavy atom. The number of nitrogens with zero attached hydrogens (tertiary/aromatic N) is 3. The summed E-state index contributed by atoms with van der Waals surface area (Å²) in [4.78, 5) is 43.0. The summed E-state index contributed by atoms with van der Waals surface area (Å²) in [5.74, 6) is -2.96.